The van der Waals surface area contributed by atoms with E-state index in [1.807, 2.05) is 24.4 Å². The summed E-state index contributed by atoms with van der Waals surface area (Å²) in [5.74, 6) is -0.750. The number of benzene rings is 1. The van der Waals surface area contributed by atoms with Crippen molar-refractivity contribution in [2.75, 3.05) is 7.11 Å². The number of carboxylic acid groups (broad SMARTS) is 1. The molecule has 0 fully saturated rings. The molecule has 2 heterocycles. The smallest absolute Gasteiger partial charge is 0.374 e. The molecule has 1 aromatic carbocycles. The highest BCUT2D eigenvalue weighted by atomic mass is 16.5. The maximum absolute atomic E-state index is 10.8. The van der Waals surface area contributed by atoms with Gasteiger partial charge in [-0.15, -0.1) is 0 Å². The third-order valence-corrected chi connectivity index (χ3v) is 2.87. The highest BCUT2D eigenvalue weighted by Crippen LogP contribution is 2.33. The lowest BCUT2D eigenvalue weighted by Crippen LogP contribution is -1.92. The molecule has 6 nitrogen and oxygen atoms in total. The quantitative estimate of drug-likeness (QED) is 0.753. The molecular formula is C13H10N2O4. The van der Waals surface area contributed by atoms with Crippen LogP contribution in [0.2, 0.25) is 0 Å². The van der Waals surface area contributed by atoms with Gasteiger partial charge in [-0.3, -0.25) is 0 Å². The maximum atomic E-state index is 10.8. The summed E-state index contributed by atoms with van der Waals surface area (Å²) in [6, 6.07) is 7.00. The number of nitrogens with zero attached hydrogens (tertiary/aromatic N) is 1. The molecule has 0 aliphatic heterocycles. The molecule has 3 aromatic rings. The lowest BCUT2D eigenvalue weighted by Gasteiger charge is -2.05. The van der Waals surface area contributed by atoms with Crippen molar-refractivity contribution in [3.63, 3.8) is 0 Å². The number of carbonyl (C=O) groups is 1. The van der Waals surface area contributed by atoms with Crippen molar-refractivity contribution in [1.29, 1.82) is 0 Å². The van der Waals surface area contributed by atoms with E-state index in [1.165, 1.54) is 6.07 Å². The number of aromatic nitrogens is 2. The van der Waals surface area contributed by atoms with Gasteiger partial charge in [-0.1, -0.05) is 5.16 Å². The summed E-state index contributed by atoms with van der Waals surface area (Å²) in [5.41, 5.74) is 2.01. The summed E-state index contributed by atoms with van der Waals surface area (Å²) in [6.45, 7) is 0. The number of rotatable bonds is 3. The van der Waals surface area contributed by atoms with Gasteiger partial charge in [-0.05, 0) is 18.2 Å². The molecule has 3 rings (SSSR count). The second kappa shape index (κ2) is 4.16. The van der Waals surface area contributed by atoms with Crippen LogP contribution in [0.15, 0.2) is 35.0 Å². The number of nitrogens with one attached hydrogen (secondary N) is 1. The minimum atomic E-state index is -1.15. The largest absolute Gasteiger partial charge is 0.496 e. The number of hydrogen-bond acceptors (Lipinski definition) is 4. The van der Waals surface area contributed by atoms with Gasteiger partial charge >= 0.3 is 5.97 Å². The zero-order chi connectivity index (χ0) is 13.4. The van der Waals surface area contributed by atoms with Crippen LogP contribution in [0.4, 0.5) is 0 Å². The molecule has 0 amide bonds. The molecular weight excluding hydrogens is 248 g/mol. The number of hydrogen-bond donors (Lipinski definition) is 2. The minimum absolute atomic E-state index is 0.205. The van der Waals surface area contributed by atoms with Crippen LogP contribution >= 0.6 is 0 Å². The maximum Gasteiger partial charge on any atom is 0.374 e. The van der Waals surface area contributed by atoms with Crippen molar-refractivity contribution < 1.29 is 19.2 Å². The molecule has 0 saturated carbocycles. The van der Waals surface area contributed by atoms with E-state index in [4.69, 9.17) is 14.4 Å². The van der Waals surface area contributed by atoms with Gasteiger partial charge in [0, 0.05) is 28.7 Å². The number of fused-ring (bicyclic) bond motifs is 1. The van der Waals surface area contributed by atoms with E-state index in [-0.39, 0.29) is 5.76 Å². The Morgan fingerprint density at radius 2 is 2.26 bits per heavy atom. The molecule has 0 radical (unpaired) electrons. The fourth-order valence-corrected chi connectivity index (χ4v) is 1.95. The number of methoxy groups -OCH3 is 1. The summed E-state index contributed by atoms with van der Waals surface area (Å²) in [6.07, 6.45) is 1.82. The molecule has 0 unspecified atom stereocenters. The van der Waals surface area contributed by atoms with Crippen LogP contribution in [0.5, 0.6) is 5.75 Å². The first kappa shape index (κ1) is 11.3. The highest BCUT2D eigenvalue weighted by Gasteiger charge is 2.16. The Bertz CT molecular complexity index is 757. The lowest BCUT2D eigenvalue weighted by atomic mass is 10.1. The van der Waals surface area contributed by atoms with Gasteiger partial charge in [0.25, 0.3) is 0 Å². The number of ether oxygens (including phenoxy) is 1. The Morgan fingerprint density at radius 1 is 1.42 bits per heavy atom. The fourth-order valence-electron chi connectivity index (χ4n) is 1.95. The van der Waals surface area contributed by atoms with Crippen molar-refractivity contribution in [3.8, 4) is 17.0 Å². The standard InChI is InChI=1S/C13H10N2O4/c1-18-11-4-7-2-3-14-9(7)5-8(11)10-6-12(13(16)17)19-15-10/h2-6,14H,1H3,(H,16,17). The Labute approximate surface area is 107 Å². The highest BCUT2D eigenvalue weighted by molar-refractivity contribution is 5.90. The summed E-state index contributed by atoms with van der Waals surface area (Å²) in [7, 11) is 1.55. The van der Waals surface area contributed by atoms with Crippen molar-refractivity contribution in [3.05, 3.63) is 36.2 Å². The Morgan fingerprint density at radius 3 is 2.95 bits per heavy atom. The molecule has 0 bridgehead atoms. The van der Waals surface area contributed by atoms with E-state index in [2.05, 4.69) is 10.1 Å². The molecule has 96 valence electrons. The average Bonchev–Trinajstić information content (AvgIpc) is 3.05. The molecule has 6 heteroatoms. The second-order valence-electron chi connectivity index (χ2n) is 4.00. The minimum Gasteiger partial charge on any atom is -0.496 e. The third-order valence-electron chi connectivity index (χ3n) is 2.87. The lowest BCUT2D eigenvalue weighted by molar-refractivity contribution is 0.0652. The van der Waals surface area contributed by atoms with Crippen molar-refractivity contribution >= 4 is 16.9 Å². The Kier molecular flexibility index (Phi) is 2.49. The second-order valence-corrected chi connectivity index (χ2v) is 4.00. The predicted molar refractivity (Wildman–Crippen MR) is 67.3 cm³/mol. The topological polar surface area (TPSA) is 88.4 Å². The van der Waals surface area contributed by atoms with E-state index in [1.54, 1.807) is 7.11 Å². The van der Waals surface area contributed by atoms with Crippen LogP contribution in [0.1, 0.15) is 10.6 Å². The third kappa shape index (κ3) is 1.83. The van der Waals surface area contributed by atoms with Gasteiger partial charge in [0.2, 0.25) is 5.76 Å². The molecule has 2 N–H and O–H groups in total. The number of carboxylic acids is 1. The number of H-pyrrole nitrogens is 1. The monoisotopic (exact) mass is 258 g/mol. The summed E-state index contributed by atoms with van der Waals surface area (Å²) in [4.78, 5) is 13.9. The molecule has 0 atom stereocenters. The summed E-state index contributed by atoms with van der Waals surface area (Å²) in [5, 5.41) is 13.6. The number of aromatic amines is 1. The molecule has 0 aliphatic carbocycles. The Hall–Kier alpha value is -2.76. The number of aromatic carboxylic acids is 1. The van der Waals surface area contributed by atoms with Crippen LogP contribution in [-0.4, -0.2) is 28.3 Å². The Balaban J connectivity index is 2.18. The van der Waals surface area contributed by atoms with Crippen LogP contribution in [0.25, 0.3) is 22.2 Å². The molecule has 19 heavy (non-hydrogen) atoms. The van der Waals surface area contributed by atoms with Crippen LogP contribution in [0, 0.1) is 0 Å². The molecule has 0 aliphatic rings. The molecule has 0 saturated heterocycles. The van der Waals surface area contributed by atoms with E-state index in [0.717, 1.165) is 10.9 Å². The zero-order valence-corrected chi connectivity index (χ0v) is 10.0. The van der Waals surface area contributed by atoms with E-state index in [9.17, 15) is 4.79 Å². The first-order valence-electron chi connectivity index (χ1n) is 5.54. The van der Waals surface area contributed by atoms with Gasteiger partial charge in [0.05, 0.1) is 7.11 Å². The van der Waals surface area contributed by atoms with Crippen molar-refractivity contribution in [2.24, 2.45) is 0 Å². The molecule has 0 spiro atoms. The van der Waals surface area contributed by atoms with Gasteiger partial charge in [-0.25, -0.2) is 4.79 Å². The van der Waals surface area contributed by atoms with Crippen LogP contribution in [0.3, 0.4) is 0 Å². The van der Waals surface area contributed by atoms with E-state index < -0.39 is 5.97 Å². The van der Waals surface area contributed by atoms with Crippen molar-refractivity contribution in [2.45, 2.75) is 0 Å². The zero-order valence-electron chi connectivity index (χ0n) is 10.0. The first-order valence-corrected chi connectivity index (χ1v) is 5.54. The summed E-state index contributed by atoms with van der Waals surface area (Å²) < 4.78 is 10.1. The SMILES string of the molecule is COc1cc2cc[nH]c2cc1-c1cc(C(=O)O)on1. The average molecular weight is 258 g/mol. The van der Waals surface area contributed by atoms with Crippen molar-refractivity contribution in [1.82, 2.24) is 10.1 Å². The molecule has 2 aromatic heterocycles. The van der Waals surface area contributed by atoms with Crippen LogP contribution in [-0.2, 0) is 0 Å². The fraction of sp³-hybridized carbons (Fsp3) is 0.0769. The van der Waals surface area contributed by atoms with Gasteiger partial charge < -0.3 is 19.4 Å². The van der Waals surface area contributed by atoms with Gasteiger partial charge in [-0.2, -0.15) is 0 Å². The summed E-state index contributed by atoms with van der Waals surface area (Å²) >= 11 is 0. The van der Waals surface area contributed by atoms with Gasteiger partial charge in [0.1, 0.15) is 11.4 Å². The van der Waals surface area contributed by atoms with E-state index in [0.29, 0.717) is 17.0 Å². The first-order chi connectivity index (χ1) is 9.19. The normalized spacial score (nSPS) is 10.8. The van der Waals surface area contributed by atoms with E-state index >= 15 is 0 Å². The van der Waals surface area contributed by atoms with Crippen LogP contribution < -0.4 is 4.74 Å². The van der Waals surface area contributed by atoms with Gasteiger partial charge in [0.15, 0.2) is 0 Å². The predicted octanol–water partition coefficient (Wildman–Crippen LogP) is 2.53.